The number of phenolic OH excluding ortho intramolecular Hbond substituents is 1. The number of benzene rings is 1. The highest BCUT2D eigenvalue weighted by Crippen LogP contribution is 2.19. The number of nitrogens with zero attached hydrogens (tertiary/aromatic N) is 1. The van der Waals surface area contributed by atoms with Gasteiger partial charge in [-0.2, -0.15) is 0 Å². The van der Waals surface area contributed by atoms with Crippen LogP contribution in [0, 0.1) is 0 Å². The van der Waals surface area contributed by atoms with Gasteiger partial charge >= 0.3 is 12.0 Å². The van der Waals surface area contributed by atoms with Crippen molar-refractivity contribution in [3.05, 3.63) is 24.3 Å². The molecule has 0 spiro atoms. The zero-order valence-electron chi connectivity index (χ0n) is 10.7. The van der Waals surface area contributed by atoms with E-state index in [0.717, 1.165) is 4.90 Å². The third-order valence-electron chi connectivity index (χ3n) is 2.45. The fraction of sp³-hybridized carbons (Fsp3) is 0.250. The SMILES string of the molecule is CC(NC(N)=O)C(=O)N(CC(=O)O)c1ccc(O)cc1. The Morgan fingerprint density at radius 2 is 1.85 bits per heavy atom. The molecule has 1 aromatic rings. The Morgan fingerprint density at radius 3 is 2.30 bits per heavy atom. The van der Waals surface area contributed by atoms with Gasteiger partial charge in [0.25, 0.3) is 0 Å². The third-order valence-corrected chi connectivity index (χ3v) is 2.45. The molecule has 1 unspecified atom stereocenters. The van der Waals surface area contributed by atoms with E-state index in [9.17, 15) is 19.5 Å². The summed E-state index contributed by atoms with van der Waals surface area (Å²) in [7, 11) is 0. The molecule has 8 heteroatoms. The first-order valence-corrected chi connectivity index (χ1v) is 5.69. The van der Waals surface area contributed by atoms with Crippen LogP contribution in [0.15, 0.2) is 24.3 Å². The van der Waals surface area contributed by atoms with Crippen LogP contribution < -0.4 is 16.0 Å². The van der Waals surface area contributed by atoms with Crippen molar-refractivity contribution in [3.8, 4) is 5.75 Å². The number of carboxylic acids is 1. The molecule has 1 rings (SSSR count). The molecule has 0 aromatic heterocycles. The average Bonchev–Trinajstić information content (AvgIpc) is 2.35. The number of carbonyl (C=O) groups excluding carboxylic acids is 2. The van der Waals surface area contributed by atoms with Crippen molar-refractivity contribution in [2.75, 3.05) is 11.4 Å². The molecule has 3 amide bonds. The summed E-state index contributed by atoms with van der Waals surface area (Å²) in [6, 6.07) is 3.58. The first-order valence-electron chi connectivity index (χ1n) is 5.69. The number of amides is 3. The average molecular weight is 281 g/mol. The highest BCUT2D eigenvalue weighted by atomic mass is 16.4. The Morgan fingerprint density at radius 1 is 1.30 bits per heavy atom. The Kier molecular flexibility index (Phi) is 4.90. The molecule has 0 aliphatic rings. The summed E-state index contributed by atoms with van der Waals surface area (Å²) >= 11 is 0. The van der Waals surface area contributed by atoms with E-state index in [-0.39, 0.29) is 11.4 Å². The number of rotatable bonds is 5. The molecule has 108 valence electrons. The molecule has 20 heavy (non-hydrogen) atoms. The maximum absolute atomic E-state index is 12.1. The molecule has 0 fully saturated rings. The second-order valence-electron chi connectivity index (χ2n) is 4.06. The van der Waals surface area contributed by atoms with Crippen LogP contribution in [0.1, 0.15) is 6.92 Å². The number of hydrogen-bond donors (Lipinski definition) is 4. The van der Waals surface area contributed by atoms with Gasteiger partial charge in [-0.1, -0.05) is 0 Å². The number of primary amides is 1. The van der Waals surface area contributed by atoms with Gasteiger partial charge < -0.3 is 21.3 Å². The second kappa shape index (κ2) is 6.41. The number of nitrogens with two attached hydrogens (primary N) is 1. The lowest BCUT2D eigenvalue weighted by Crippen LogP contribution is -2.50. The number of aromatic hydroxyl groups is 1. The van der Waals surface area contributed by atoms with Crippen LogP contribution in [-0.4, -0.2) is 40.7 Å². The topological polar surface area (TPSA) is 133 Å². The zero-order chi connectivity index (χ0) is 15.3. The summed E-state index contributed by atoms with van der Waals surface area (Å²) in [5.74, 6) is -1.85. The van der Waals surface area contributed by atoms with E-state index in [2.05, 4.69) is 5.32 Å². The molecule has 0 aliphatic carbocycles. The number of carboxylic acid groups (broad SMARTS) is 1. The van der Waals surface area contributed by atoms with E-state index >= 15 is 0 Å². The maximum Gasteiger partial charge on any atom is 0.323 e. The number of nitrogens with one attached hydrogen (secondary N) is 1. The third kappa shape index (κ3) is 4.16. The molecule has 0 saturated heterocycles. The number of carbonyl (C=O) groups is 3. The van der Waals surface area contributed by atoms with E-state index < -0.39 is 30.5 Å². The lowest BCUT2D eigenvalue weighted by atomic mass is 10.2. The number of aliphatic carboxylic acids is 1. The fourth-order valence-corrected chi connectivity index (χ4v) is 1.57. The van der Waals surface area contributed by atoms with Gasteiger partial charge in [0.15, 0.2) is 0 Å². The smallest absolute Gasteiger partial charge is 0.323 e. The fourth-order valence-electron chi connectivity index (χ4n) is 1.57. The van der Waals surface area contributed by atoms with Gasteiger partial charge in [0.1, 0.15) is 18.3 Å². The molecule has 0 radical (unpaired) electrons. The molecule has 0 saturated carbocycles. The van der Waals surface area contributed by atoms with Crippen molar-refractivity contribution in [1.29, 1.82) is 0 Å². The summed E-state index contributed by atoms with van der Waals surface area (Å²) in [6.07, 6.45) is 0. The van der Waals surface area contributed by atoms with Crippen LogP contribution in [0.5, 0.6) is 5.75 Å². The Balaban J connectivity index is 2.99. The lowest BCUT2D eigenvalue weighted by molar-refractivity contribution is -0.136. The molecule has 8 nitrogen and oxygen atoms in total. The highest BCUT2D eigenvalue weighted by Gasteiger charge is 2.24. The molecular formula is C12H15N3O5. The van der Waals surface area contributed by atoms with Crippen molar-refractivity contribution in [2.45, 2.75) is 13.0 Å². The van der Waals surface area contributed by atoms with E-state index in [4.69, 9.17) is 10.8 Å². The molecule has 0 bridgehead atoms. The van der Waals surface area contributed by atoms with Crippen LogP contribution in [-0.2, 0) is 9.59 Å². The summed E-state index contributed by atoms with van der Waals surface area (Å²) in [5, 5.41) is 20.2. The van der Waals surface area contributed by atoms with Gasteiger partial charge in [-0.15, -0.1) is 0 Å². The largest absolute Gasteiger partial charge is 0.508 e. The van der Waals surface area contributed by atoms with E-state index in [1.165, 1.54) is 31.2 Å². The molecule has 0 heterocycles. The Hall–Kier alpha value is -2.77. The van der Waals surface area contributed by atoms with Crippen molar-refractivity contribution in [3.63, 3.8) is 0 Å². The van der Waals surface area contributed by atoms with Crippen LogP contribution in [0.3, 0.4) is 0 Å². The number of anilines is 1. The second-order valence-corrected chi connectivity index (χ2v) is 4.06. The van der Waals surface area contributed by atoms with Gasteiger partial charge in [0.05, 0.1) is 0 Å². The lowest BCUT2D eigenvalue weighted by Gasteiger charge is -2.24. The van der Waals surface area contributed by atoms with Crippen LogP contribution >= 0.6 is 0 Å². The molecule has 1 aromatic carbocycles. The quantitative estimate of drug-likeness (QED) is 0.596. The van der Waals surface area contributed by atoms with E-state index in [0.29, 0.717) is 0 Å². The molecule has 0 aliphatic heterocycles. The van der Waals surface area contributed by atoms with Crippen LogP contribution in [0.2, 0.25) is 0 Å². The van der Waals surface area contributed by atoms with Crippen LogP contribution in [0.4, 0.5) is 10.5 Å². The molecular weight excluding hydrogens is 266 g/mol. The molecule has 5 N–H and O–H groups in total. The number of hydrogen-bond acceptors (Lipinski definition) is 4. The summed E-state index contributed by atoms with van der Waals surface area (Å²) in [4.78, 5) is 34.7. The van der Waals surface area contributed by atoms with Gasteiger partial charge in [0.2, 0.25) is 5.91 Å². The van der Waals surface area contributed by atoms with E-state index in [1.807, 2.05) is 0 Å². The summed E-state index contributed by atoms with van der Waals surface area (Å²) in [6.45, 7) is 0.816. The number of urea groups is 1. The minimum atomic E-state index is -1.21. The first kappa shape index (κ1) is 15.3. The first-order chi connectivity index (χ1) is 9.31. The van der Waals surface area contributed by atoms with E-state index in [1.54, 1.807) is 0 Å². The monoisotopic (exact) mass is 281 g/mol. The minimum Gasteiger partial charge on any atom is -0.508 e. The van der Waals surface area contributed by atoms with Crippen molar-refractivity contribution in [2.24, 2.45) is 5.73 Å². The normalized spacial score (nSPS) is 11.4. The Bertz CT molecular complexity index is 514. The predicted molar refractivity (Wildman–Crippen MR) is 70.3 cm³/mol. The number of phenols is 1. The maximum atomic E-state index is 12.1. The van der Waals surface area contributed by atoms with Crippen molar-refractivity contribution < 1.29 is 24.6 Å². The molecule has 1 atom stereocenters. The van der Waals surface area contributed by atoms with Gasteiger partial charge in [0, 0.05) is 5.69 Å². The summed E-state index contributed by atoms with van der Waals surface area (Å²) in [5.41, 5.74) is 5.21. The van der Waals surface area contributed by atoms with Gasteiger partial charge in [-0.05, 0) is 31.2 Å². The van der Waals surface area contributed by atoms with Gasteiger partial charge in [-0.3, -0.25) is 14.5 Å². The van der Waals surface area contributed by atoms with Crippen molar-refractivity contribution >= 4 is 23.6 Å². The standard InChI is InChI=1S/C12H15N3O5/c1-7(14-12(13)20)11(19)15(6-10(17)18)8-2-4-9(16)5-3-8/h2-5,7,16H,6H2,1H3,(H,17,18)(H3,13,14,20). The Labute approximate surface area is 114 Å². The highest BCUT2D eigenvalue weighted by molar-refractivity contribution is 6.01. The van der Waals surface area contributed by atoms with Crippen LogP contribution in [0.25, 0.3) is 0 Å². The van der Waals surface area contributed by atoms with Gasteiger partial charge in [-0.25, -0.2) is 4.79 Å². The summed E-state index contributed by atoms with van der Waals surface area (Å²) < 4.78 is 0. The minimum absolute atomic E-state index is 0.0141. The predicted octanol–water partition coefficient (Wildman–Crippen LogP) is -0.133. The van der Waals surface area contributed by atoms with Crippen molar-refractivity contribution in [1.82, 2.24) is 5.32 Å². The zero-order valence-corrected chi connectivity index (χ0v) is 10.7.